The van der Waals surface area contributed by atoms with E-state index in [1.54, 1.807) is 12.1 Å². The monoisotopic (exact) mass is 369 g/mol. The van der Waals surface area contributed by atoms with Crippen LogP contribution in [0.1, 0.15) is 35.2 Å². The van der Waals surface area contributed by atoms with Gasteiger partial charge in [-0.05, 0) is 82.8 Å². The Balaban J connectivity index is 2.55. The molecule has 0 aliphatic rings. The van der Waals surface area contributed by atoms with E-state index in [9.17, 15) is 4.39 Å². The minimum Gasteiger partial charge on any atom is -0.307 e. The predicted molar refractivity (Wildman–Crippen MR) is 90.5 cm³/mol. The van der Waals surface area contributed by atoms with E-state index >= 15 is 0 Å². The third-order valence-corrected chi connectivity index (χ3v) is 4.75. The molecule has 0 saturated carbocycles. The van der Waals surface area contributed by atoms with E-state index in [1.165, 1.54) is 0 Å². The summed E-state index contributed by atoms with van der Waals surface area (Å²) < 4.78 is 14.4. The van der Waals surface area contributed by atoms with Gasteiger partial charge in [-0.25, -0.2) is 4.39 Å². The summed E-state index contributed by atoms with van der Waals surface area (Å²) in [6.45, 7) is 6.77. The van der Waals surface area contributed by atoms with Crippen LogP contribution < -0.4 is 5.32 Å². The van der Waals surface area contributed by atoms with Crippen LogP contribution in [0.4, 0.5) is 4.39 Å². The third kappa shape index (κ3) is 3.65. The minimum absolute atomic E-state index is 0.0177. The lowest BCUT2D eigenvalue weighted by molar-refractivity contribution is 0.606. The van der Waals surface area contributed by atoms with Gasteiger partial charge in [-0.15, -0.1) is 0 Å². The maximum Gasteiger partial charge on any atom is 0.123 e. The summed E-state index contributed by atoms with van der Waals surface area (Å²) in [5, 5.41) is 4.16. The molecule has 21 heavy (non-hydrogen) atoms. The van der Waals surface area contributed by atoms with Crippen molar-refractivity contribution in [2.24, 2.45) is 0 Å². The zero-order valence-corrected chi connectivity index (χ0v) is 14.6. The molecule has 4 heteroatoms. The van der Waals surface area contributed by atoms with E-state index in [2.05, 4.69) is 28.2 Å². The first-order valence-corrected chi connectivity index (χ1v) is 8.06. The summed E-state index contributed by atoms with van der Waals surface area (Å²) in [6.07, 6.45) is 0. The highest BCUT2D eigenvalue weighted by Gasteiger charge is 2.19. The van der Waals surface area contributed by atoms with Crippen molar-refractivity contribution >= 4 is 27.5 Å². The summed E-state index contributed by atoms with van der Waals surface area (Å²) in [7, 11) is 0. The van der Waals surface area contributed by atoms with Crippen LogP contribution in [0.3, 0.4) is 0 Å². The molecule has 2 aromatic carbocycles. The van der Waals surface area contributed by atoms with Gasteiger partial charge in [0, 0.05) is 4.47 Å². The molecule has 0 fully saturated rings. The minimum atomic E-state index is -0.193. The summed E-state index contributed by atoms with van der Waals surface area (Å²) >= 11 is 9.54. The Bertz CT molecular complexity index is 634. The van der Waals surface area contributed by atoms with Crippen LogP contribution in [-0.2, 0) is 0 Å². The molecule has 1 atom stereocenters. The van der Waals surface area contributed by atoms with Crippen molar-refractivity contribution < 1.29 is 4.39 Å². The second-order valence-corrected chi connectivity index (χ2v) is 6.38. The molecule has 0 aromatic heterocycles. The number of rotatable bonds is 4. The molecule has 0 heterocycles. The summed E-state index contributed by atoms with van der Waals surface area (Å²) in [4.78, 5) is 0. The average Bonchev–Trinajstić information content (AvgIpc) is 2.40. The fraction of sp³-hybridized carbons (Fsp3) is 0.294. The van der Waals surface area contributed by atoms with E-state index in [0.717, 1.165) is 33.3 Å². The Kier molecular flexibility index (Phi) is 5.42. The van der Waals surface area contributed by atoms with Crippen molar-refractivity contribution in [3.05, 3.63) is 67.9 Å². The van der Waals surface area contributed by atoms with Gasteiger partial charge in [-0.2, -0.15) is 0 Å². The highest BCUT2D eigenvalue weighted by atomic mass is 79.9. The molecule has 0 saturated heterocycles. The van der Waals surface area contributed by atoms with Gasteiger partial charge in [0.15, 0.2) is 0 Å². The third-order valence-electron chi connectivity index (χ3n) is 3.53. The standard InChI is InChI=1S/C17H18BrClFN/c1-4-21-17(12-5-6-15(19)14(18)9-12)16-10(2)7-13(20)8-11(16)3/h5-9,17,21H,4H2,1-3H3. The predicted octanol–water partition coefficient (Wildman–Crippen LogP) is 5.56. The van der Waals surface area contributed by atoms with E-state index in [1.807, 2.05) is 32.0 Å². The number of hydrogen-bond acceptors (Lipinski definition) is 1. The van der Waals surface area contributed by atoms with Gasteiger partial charge in [-0.1, -0.05) is 24.6 Å². The van der Waals surface area contributed by atoms with Crippen molar-refractivity contribution in [1.82, 2.24) is 5.32 Å². The second-order valence-electron chi connectivity index (χ2n) is 5.12. The fourth-order valence-corrected chi connectivity index (χ4v) is 3.17. The van der Waals surface area contributed by atoms with E-state index in [-0.39, 0.29) is 11.9 Å². The number of halogens is 3. The average molecular weight is 371 g/mol. The molecule has 0 aliphatic heterocycles. The number of aryl methyl sites for hydroxylation is 2. The normalized spacial score (nSPS) is 12.5. The highest BCUT2D eigenvalue weighted by molar-refractivity contribution is 9.10. The Morgan fingerprint density at radius 2 is 1.81 bits per heavy atom. The first-order valence-electron chi connectivity index (χ1n) is 6.89. The zero-order chi connectivity index (χ0) is 15.6. The Morgan fingerprint density at radius 3 is 2.33 bits per heavy atom. The van der Waals surface area contributed by atoms with Crippen LogP contribution >= 0.6 is 27.5 Å². The molecule has 1 N–H and O–H groups in total. The van der Waals surface area contributed by atoms with Gasteiger partial charge in [-0.3, -0.25) is 0 Å². The van der Waals surface area contributed by atoms with Crippen molar-refractivity contribution in [3.63, 3.8) is 0 Å². The smallest absolute Gasteiger partial charge is 0.123 e. The van der Waals surface area contributed by atoms with Gasteiger partial charge in [0.2, 0.25) is 0 Å². The van der Waals surface area contributed by atoms with Gasteiger partial charge >= 0.3 is 0 Å². The lowest BCUT2D eigenvalue weighted by atomic mass is 9.91. The van der Waals surface area contributed by atoms with Gasteiger partial charge in [0.1, 0.15) is 5.82 Å². The van der Waals surface area contributed by atoms with Crippen LogP contribution in [0.5, 0.6) is 0 Å². The molecule has 112 valence electrons. The molecular formula is C17H18BrClFN. The summed E-state index contributed by atoms with van der Waals surface area (Å²) in [6, 6.07) is 9.07. The lowest BCUT2D eigenvalue weighted by Crippen LogP contribution is -2.23. The topological polar surface area (TPSA) is 12.0 Å². The number of nitrogens with one attached hydrogen (secondary N) is 1. The molecule has 0 bridgehead atoms. The van der Waals surface area contributed by atoms with Crippen LogP contribution in [0.15, 0.2) is 34.8 Å². The SMILES string of the molecule is CCNC(c1ccc(Cl)c(Br)c1)c1c(C)cc(F)cc1C. The molecule has 2 rings (SSSR count). The van der Waals surface area contributed by atoms with Crippen LogP contribution in [0, 0.1) is 19.7 Å². The molecular weight excluding hydrogens is 353 g/mol. The molecule has 0 aliphatic carbocycles. The second kappa shape index (κ2) is 6.91. The Morgan fingerprint density at radius 1 is 1.19 bits per heavy atom. The highest BCUT2D eigenvalue weighted by Crippen LogP contribution is 2.32. The molecule has 0 spiro atoms. The molecule has 0 amide bonds. The maximum atomic E-state index is 13.5. The van der Waals surface area contributed by atoms with E-state index < -0.39 is 0 Å². The molecule has 1 nitrogen and oxygen atoms in total. The van der Waals surface area contributed by atoms with Crippen LogP contribution in [0.25, 0.3) is 0 Å². The zero-order valence-electron chi connectivity index (χ0n) is 12.3. The number of benzene rings is 2. The summed E-state index contributed by atoms with van der Waals surface area (Å²) in [5.41, 5.74) is 4.12. The first kappa shape index (κ1) is 16.5. The Hall–Kier alpha value is -0.900. The van der Waals surface area contributed by atoms with E-state index in [0.29, 0.717) is 5.02 Å². The molecule has 1 unspecified atom stereocenters. The van der Waals surface area contributed by atoms with Crippen LogP contribution in [-0.4, -0.2) is 6.54 Å². The van der Waals surface area contributed by atoms with Gasteiger partial charge < -0.3 is 5.32 Å². The fourth-order valence-electron chi connectivity index (χ4n) is 2.66. The molecule has 2 aromatic rings. The largest absolute Gasteiger partial charge is 0.307 e. The van der Waals surface area contributed by atoms with Crippen molar-refractivity contribution in [2.45, 2.75) is 26.8 Å². The van der Waals surface area contributed by atoms with Crippen molar-refractivity contribution in [1.29, 1.82) is 0 Å². The quantitative estimate of drug-likeness (QED) is 0.743. The summed E-state index contributed by atoms with van der Waals surface area (Å²) in [5.74, 6) is -0.193. The van der Waals surface area contributed by atoms with Crippen molar-refractivity contribution in [3.8, 4) is 0 Å². The van der Waals surface area contributed by atoms with E-state index in [4.69, 9.17) is 11.6 Å². The van der Waals surface area contributed by atoms with Crippen LogP contribution in [0.2, 0.25) is 5.02 Å². The van der Waals surface area contributed by atoms with Crippen molar-refractivity contribution in [2.75, 3.05) is 6.54 Å². The maximum absolute atomic E-state index is 13.5. The molecule has 0 radical (unpaired) electrons. The van der Waals surface area contributed by atoms with Gasteiger partial charge in [0.25, 0.3) is 0 Å². The number of hydrogen-bond donors (Lipinski definition) is 1. The Labute approximate surface area is 138 Å². The van der Waals surface area contributed by atoms with Gasteiger partial charge in [0.05, 0.1) is 11.1 Å². The first-order chi connectivity index (χ1) is 9.93. The lowest BCUT2D eigenvalue weighted by Gasteiger charge is -2.23.